The van der Waals surface area contributed by atoms with Gasteiger partial charge in [0.2, 0.25) is 0 Å². The van der Waals surface area contributed by atoms with Crippen molar-refractivity contribution >= 4 is 23.6 Å². The van der Waals surface area contributed by atoms with E-state index in [1.165, 1.54) is 12.1 Å². The molecule has 38 heavy (non-hydrogen) atoms. The number of hydrogen-bond acceptors (Lipinski definition) is 4. The fraction of sp³-hybridized carbons (Fsp3) is 0.444. The number of carbonyl (C=O) groups excluding carboxylic acids is 2. The van der Waals surface area contributed by atoms with Crippen LogP contribution < -0.4 is 15.4 Å². The van der Waals surface area contributed by atoms with E-state index in [-0.39, 0.29) is 31.2 Å². The third kappa shape index (κ3) is 11.1. The fourth-order valence-electron chi connectivity index (χ4n) is 3.76. The van der Waals surface area contributed by atoms with Crippen LogP contribution in [0.1, 0.15) is 61.9 Å². The van der Waals surface area contributed by atoms with Gasteiger partial charge in [-0.3, -0.25) is 9.59 Å². The van der Waals surface area contributed by atoms with E-state index in [1.54, 1.807) is 29.2 Å². The molecule has 2 aromatic carbocycles. The van der Waals surface area contributed by atoms with Gasteiger partial charge in [0.25, 0.3) is 5.91 Å². The number of halogens is 3. The van der Waals surface area contributed by atoms with Crippen molar-refractivity contribution in [3.8, 4) is 5.75 Å². The number of nitrogens with zero attached hydrogens (tertiary/aromatic N) is 1. The highest BCUT2D eigenvalue weighted by atomic mass is 19.4. The molecule has 2 rings (SSSR count). The van der Waals surface area contributed by atoms with E-state index in [9.17, 15) is 27.6 Å². The lowest BCUT2D eigenvalue weighted by molar-refractivity contribution is -0.274. The fourth-order valence-corrected chi connectivity index (χ4v) is 3.76. The molecule has 208 valence electrons. The number of carboxylic acids is 1. The van der Waals surface area contributed by atoms with Crippen LogP contribution in [-0.2, 0) is 11.3 Å². The van der Waals surface area contributed by atoms with Gasteiger partial charge in [-0.1, -0.05) is 45.2 Å². The molecule has 0 aliphatic rings. The largest absolute Gasteiger partial charge is 0.573 e. The van der Waals surface area contributed by atoms with Crippen LogP contribution in [0.3, 0.4) is 0 Å². The average molecular weight is 538 g/mol. The molecule has 1 unspecified atom stereocenters. The van der Waals surface area contributed by atoms with Crippen molar-refractivity contribution in [2.24, 2.45) is 5.92 Å². The molecule has 0 fully saturated rings. The van der Waals surface area contributed by atoms with Gasteiger partial charge in [-0.2, -0.15) is 0 Å². The average Bonchev–Trinajstić information content (AvgIpc) is 2.86. The summed E-state index contributed by atoms with van der Waals surface area (Å²) in [6.07, 6.45) is -1.09. The molecule has 0 aromatic heterocycles. The van der Waals surface area contributed by atoms with Crippen molar-refractivity contribution < 1.29 is 37.4 Å². The molecule has 3 N–H and O–H groups in total. The molecule has 0 aliphatic carbocycles. The molecule has 0 saturated carbocycles. The van der Waals surface area contributed by atoms with E-state index in [0.717, 1.165) is 43.4 Å². The smallest absolute Gasteiger partial charge is 0.481 e. The summed E-state index contributed by atoms with van der Waals surface area (Å²) in [5.74, 6) is -1.52. The third-order valence-corrected chi connectivity index (χ3v) is 5.86. The van der Waals surface area contributed by atoms with Gasteiger partial charge < -0.3 is 25.4 Å². The first-order valence-electron chi connectivity index (χ1n) is 12.5. The first-order valence-corrected chi connectivity index (χ1v) is 12.5. The molecule has 1 atom stereocenters. The predicted octanol–water partition coefficient (Wildman–Crippen LogP) is 6.04. The summed E-state index contributed by atoms with van der Waals surface area (Å²) in [4.78, 5) is 37.7. The Bertz CT molecular complexity index is 1040. The van der Waals surface area contributed by atoms with Crippen molar-refractivity contribution in [3.63, 3.8) is 0 Å². The van der Waals surface area contributed by atoms with Crippen molar-refractivity contribution in [1.82, 2.24) is 10.2 Å². The van der Waals surface area contributed by atoms with Gasteiger partial charge >= 0.3 is 18.4 Å². The van der Waals surface area contributed by atoms with Crippen molar-refractivity contribution in [3.05, 3.63) is 59.7 Å². The monoisotopic (exact) mass is 537 g/mol. The van der Waals surface area contributed by atoms with Crippen LogP contribution in [-0.4, -0.2) is 47.4 Å². The molecule has 0 spiro atoms. The summed E-state index contributed by atoms with van der Waals surface area (Å²) in [6, 6.07) is 11.2. The second-order valence-corrected chi connectivity index (χ2v) is 8.90. The van der Waals surface area contributed by atoms with Crippen LogP contribution >= 0.6 is 0 Å². The van der Waals surface area contributed by atoms with Gasteiger partial charge in [0, 0.05) is 30.9 Å². The van der Waals surface area contributed by atoms with Gasteiger partial charge in [0.05, 0.1) is 6.42 Å². The highest BCUT2D eigenvalue weighted by Gasteiger charge is 2.31. The first kappa shape index (κ1) is 30.5. The van der Waals surface area contributed by atoms with Crippen molar-refractivity contribution in [1.29, 1.82) is 0 Å². The summed E-state index contributed by atoms with van der Waals surface area (Å²) in [6.45, 7) is 4.92. The second-order valence-electron chi connectivity index (χ2n) is 8.90. The van der Waals surface area contributed by atoms with Crippen LogP contribution in [0.5, 0.6) is 5.75 Å². The topological polar surface area (TPSA) is 108 Å². The number of alkyl halides is 3. The molecular formula is C27H34F3N3O5. The Labute approximate surface area is 220 Å². The molecule has 8 nitrogen and oxygen atoms in total. The number of aliphatic carboxylic acids is 1. The minimum atomic E-state index is -4.80. The standard InChI is InChI=1S/C27H34F3N3O5/c1-3-5-6-19(4-2)17-33(26(37)32-22-11-13-23(14-12-22)38-27(28,29)30)18-20-7-9-21(10-8-20)25(36)31-16-15-24(34)35/h7-14,19H,3-6,15-18H2,1-2H3,(H,31,36)(H,32,37)(H,34,35). The molecule has 0 aliphatic heterocycles. The number of amides is 3. The van der Waals surface area contributed by atoms with Crippen LogP contribution in [0.2, 0.25) is 0 Å². The Morgan fingerprint density at radius 3 is 2.24 bits per heavy atom. The number of anilines is 1. The Balaban J connectivity index is 2.12. The summed E-state index contributed by atoms with van der Waals surface area (Å²) in [5.41, 5.74) is 1.47. The molecular weight excluding hydrogens is 503 g/mol. The molecule has 0 bridgehead atoms. The van der Waals surface area contributed by atoms with Crippen molar-refractivity contribution in [2.45, 2.75) is 58.9 Å². The maximum Gasteiger partial charge on any atom is 0.573 e. The second kappa shape index (κ2) is 14.8. The van der Waals surface area contributed by atoms with Crippen LogP contribution in [0.25, 0.3) is 0 Å². The van der Waals surface area contributed by atoms with E-state index in [4.69, 9.17) is 5.11 Å². The Morgan fingerprint density at radius 2 is 1.68 bits per heavy atom. The van der Waals surface area contributed by atoms with Gasteiger partial charge in [0.15, 0.2) is 0 Å². The number of rotatable bonds is 14. The van der Waals surface area contributed by atoms with Crippen LogP contribution in [0.15, 0.2) is 48.5 Å². The van der Waals surface area contributed by atoms with Gasteiger partial charge in [0.1, 0.15) is 5.75 Å². The van der Waals surface area contributed by atoms with Gasteiger partial charge in [-0.05, 0) is 54.3 Å². The number of benzene rings is 2. The van der Waals surface area contributed by atoms with Gasteiger partial charge in [-0.15, -0.1) is 13.2 Å². The maximum atomic E-state index is 13.2. The number of nitrogens with one attached hydrogen (secondary N) is 2. The van der Waals surface area contributed by atoms with Gasteiger partial charge in [-0.25, -0.2) is 4.79 Å². The lowest BCUT2D eigenvalue weighted by Gasteiger charge is -2.28. The molecule has 2 aromatic rings. The van der Waals surface area contributed by atoms with E-state index in [2.05, 4.69) is 29.2 Å². The normalized spacial score (nSPS) is 11.9. The number of carboxylic acid groups (broad SMARTS) is 1. The Kier molecular flexibility index (Phi) is 11.9. The number of hydrogen-bond donors (Lipinski definition) is 3. The molecule has 0 heterocycles. The summed E-state index contributed by atoms with van der Waals surface area (Å²) in [7, 11) is 0. The van der Waals surface area contributed by atoms with E-state index in [0.29, 0.717) is 17.8 Å². The van der Waals surface area contributed by atoms with E-state index >= 15 is 0 Å². The number of ether oxygens (including phenoxy) is 1. The highest BCUT2D eigenvalue weighted by Crippen LogP contribution is 2.24. The molecule has 0 radical (unpaired) electrons. The lowest BCUT2D eigenvalue weighted by Crippen LogP contribution is -2.38. The maximum absolute atomic E-state index is 13.2. The Hall–Kier alpha value is -3.76. The number of unbranched alkanes of at least 4 members (excludes halogenated alkanes) is 1. The van der Waals surface area contributed by atoms with E-state index < -0.39 is 24.3 Å². The zero-order valence-corrected chi connectivity index (χ0v) is 21.5. The quantitative estimate of drug-likeness (QED) is 0.272. The minimum absolute atomic E-state index is 0.0172. The van der Waals surface area contributed by atoms with Crippen LogP contribution in [0.4, 0.5) is 23.7 Å². The predicted molar refractivity (Wildman–Crippen MR) is 137 cm³/mol. The Morgan fingerprint density at radius 1 is 1.03 bits per heavy atom. The molecule has 0 saturated heterocycles. The summed E-state index contributed by atoms with van der Waals surface area (Å²) in [5, 5.41) is 14.0. The number of urea groups is 1. The first-order chi connectivity index (χ1) is 18.0. The SMILES string of the molecule is CCCCC(CC)CN(Cc1ccc(C(=O)NCCC(=O)O)cc1)C(=O)Nc1ccc(OC(F)(F)F)cc1. The highest BCUT2D eigenvalue weighted by molar-refractivity contribution is 5.94. The summed E-state index contributed by atoms with van der Waals surface area (Å²) < 4.78 is 41.1. The minimum Gasteiger partial charge on any atom is -0.481 e. The summed E-state index contributed by atoms with van der Waals surface area (Å²) >= 11 is 0. The van der Waals surface area contributed by atoms with Crippen molar-refractivity contribution in [2.75, 3.05) is 18.4 Å². The zero-order chi connectivity index (χ0) is 28.1. The van der Waals surface area contributed by atoms with Crippen LogP contribution in [0, 0.1) is 5.92 Å². The zero-order valence-electron chi connectivity index (χ0n) is 21.5. The number of carbonyl (C=O) groups is 3. The molecule has 11 heteroatoms. The molecule has 3 amide bonds. The van der Waals surface area contributed by atoms with E-state index in [1.807, 2.05) is 0 Å². The third-order valence-electron chi connectivity index (χ3n) is 5.86. The lowest BCUT2D eigenvalue weighted by atomic mass is 9.98.